The van der Waals surface area contributed by atoms with Crippen LogP contribution in [0.25, 0.3) is 11.1 Å². The summed E-state index contributed by atoms with van der Waals surface area (Å²) in [5.41, 5.74) is 4.82. The highest BCUT2D eigenvalue weighted by atomic mass is 16.1. The van der Waals surface area contributed by atoms with Gasteiger partial charge in [0.05, 0.1) is 0 Å². The molecule has 2 nitrogen and oxygen atoms in total. The van der Waals surface area contributed by atoms with Crippen molar-refractivity contribution in [3.63, 3.8) is 0 Å². The fourth-order valence-electron chi connectivity index (χ4n) is 2.97. The molecule has 0 radical (unpaired) electrons. The lowest BCUT2D eigenvalue weighted by Gasteiger charge is -2.17. The van der Waals surface area contributed by atoms with E-state index in [9.17, 15) is 4.79 Å². The molecule has 1 aliphatic rings. The van der Waals surface area contributed by atoms with E-state index in [1.165, 1.54) is 31.2 Å². The number of benzene rings is 1. The van der Waals surface area contributed by atoms with E-state index in [1.54, 1.807) is 6.07 Å². The molecule has 1 aliphatic carbocycles. The Bertz CT molecular complexity index is 613. The van der Waals surface area contributed by atoms with E-state index in [4.69, 9.17) is 0 Å². The summed E-state index contributed by atoms with van der Waals surface area (Å²) in [7, 11) is 0. The van der Waals surface area contributed by atoms with E-state index in [2.05, 4.69) is 17.1 Å². The second-order valence-corrected chi connectivity index (χ2v) is 5.28. The number of rotatable bonds is 1. The second-order valence-electron chi connectivity index (χ2n) is 5.28. The van der Waals surface area contributed by atoms with Crippen molar-refractivity contribution < 1.29 is 0 Å². The normalized spacial score (nSPS) is 15.4. The Balaban J connectivity index is 2.15. The Hall–Kier alpha value is -1.83. The minimum Gasteiger partial charge on any atom is -0.326 e. The summed E-state index contributed by atoms with van der Waals surface area (Å²) < 4.78 is 0. The highest BCUT2D eigenvalue weighted by molar-refractivity contribution is 5.67. The predicted octanol–water partition coefficient (Wildman–Crippen LogP) is 3.70. The van der Waals surface area contributed by atoms with Crippen LogP contribution in [0.1, 0.15) is 36.9 Å². The third kappa shape index (κ3) is 2.62. The Morgan fingerprint density at radius 2 is 1.63 bits per heavy atom. The maximum absolute atomic E-state index is 11.9. The van der Waals surface area contributed by atoms with Crippen molar-refractivity contribution >= 4 is 0 Å². The van der Waals surface area contributed by atoms with Gasteiger partial charge in [0.1, 0.15) is 0 Å². The molecule has 0 saturated carbocycles. The maximum atomic E-state index is 11.9. The van der Waals surface area contributed by atoms with E-state index in [-0.39, 0.29) is 5.56 Å². The van der Waals surface area contributed by atoms with Gasteiger partial charge in [0.15, 0.2) is 0 Å². The van der Waals surface area contributed by atoms with Gasteiger partial charge in [-0.1, -0.05) is 43.2 Å². The number of hydrogen-bond acceptors (Lipinski definition) is 1. The molecule has 1 aromatic carbocycles. The third-order valence-electron chi connectivity index (χ3n) is 3.93. The van der Waals surface area contributed by atoms with Crippen LogP contribution >= 0.6 is 0 Å². The van der Waals surface area contributed by atoms with Crippen molar-refractivity contribution in [2.75, 3.05) is 0 Å². The zero-order valence-corrected chi connectivity index (χ0v) is 11.1. The molecule has 0 fully saturated rings. The molecular weight excluding hydrogens is 234 g/mol. The van der Waals surface area contributed by atoms with E-state index >= 15 is 0 Å². The molecule has 0 aliphatic heterocycles. The topological polar surface area (TPSA) is 32.9 Å². The average molecular weight is 253 g/mol. The van der Waals surface area contributed by atoms with Gasteiger partial charge in [-0.15, -0.1) is 0 Å². The van der Waals surface area contributed by atoms with Crippen LogP contribution in [0.4, 0.5) is 0 Å². The van der Waals surface area contributed by atoms with Crippen molar-refractivity contribution in [2.45, 2.75) is 38.5 Å². The molecule has 98 valence electrons. The molecule has 3 rings (SSSR count). The molecular formula is C17H19NO. The quantitative estimate of drug-likeness (QED) is 0.825. The summed E-state index contributed by atoms with van der Waals surface area (Å²) in [6.07, 6.45) is 7.06. The summed E-state index contributed by atoms with van der Waals surface area (Å²) in [6, 6.07) is 12.0. The van der Waals surface area contributed by atoms with Gasteiger partial charge in [-0.05, 0) is 42.4 Å². The third-order valence-corrected chi connectivity index (χ3v) is 3.93. The first-order valence-corrected chi connectivity index (χ1v) is 7.15. The Labute approximate surface area is 113 Å². The number of aryl methyl sites for hydroxylation is 1. The number of fused-ring (bicyclic) bond motifs is 1. The molecule has 1 N–H and O–H groups in total. The van der Waals surface area contributed by atoms with Crippen LogP contribution in [-0.4, -0.2) is 4.98 Å². The van der Waals surface area contributed by atoms with Crippen molar-refractivity contribution in [2.24, 2.45) is 0 Å². The van der Waals surface area contributed by atoms with E-state index in [0.717, 1.165) is 29.7 Å². The monoisotopic (exact) mass is 253 g/mol. The first kappa shape index (κ1) is 12.2. The van der Waals surface area contributed by atoms with Gasteiger partial charge in [0.25, 0.3) is 0 Å². The van der Waals surface area contributed by atoms with Crippen molar-refractivity contribution in [3.05, 3.63) is 58.0 Å². The number of H-pyrrole nitrogens is 1. The fourth-order valence-corrected chi connectivity index (χ4v) is 2.97. The van der Waals surface area contributed by atoms with Gasteiger partial charge in [-0.2, -0.15) is 0 Å². The lowest BCUT2D eigenvalue weighted by molar-refractivity contribution is 0.608. The fraction of sp³-hybridized carbons (Fsp3) is 0.353. The number of aromatic amines is 1. The molecule has 19 heavy (non-hydrogen) atoms. The lowest BCUT2D eigenvalue weighted by Crippen LogP contribution is -2.14. The molecule has 0 spiro atoms. The number of hydrogen-bond donors (Lipinski definition) is 1. The van der Waals surface area contributed by atoms with Crippen molar-refractivity contribution in [3.8, 4) is 11.1 Å². The summed E-state index contributed by atoms with van der Waals surface area (Å²) >= 11 is 0. The lowest BCUT2D eigenvalue weighted by atomic mass is 9.91. The average Bonchev–Trinajstić information content (AvgIpc) is 2.41. The molecule has 0 atom stereocenters. The van der Waals surface area contributed by atoms with Gasteiger partial charge < -0.3 is 4.98 Å². The minimum absolute atomic E-state index is 0.0261. The summed E-state index contributed by atoms with van der Waals surface area (Å²) in [4.78, 5) is 14.9. The molecule has 1 heterocycles. The number of pyridine rings is 1. The Morgan fingerprint density at radius 3 is 2.42 bits per heavy atom. The number of aromatic nitrogens is 1. The van der Waals surface area contributed by atoms with Crippen LogP contribution in [0.5, 0.6) is 0 Å². The highest BCUT2D eigenvalue weighted by Gasteiger charge is 2.13. The molecule has 1 aromatic heterocycles. The minimum atomic E-state index is 0.0261. The van der Waals surface area contributed by atoms with Gasteiger partial charge in [-0.25, -0.2) is 0 Å². The van der Waals surface area contributed by atoms with Crippen LogP contribution in [-0.2, 0) is 12.8 Å². The summed E-state index contributed by atoms with van der Waals surface area (Å²) in [6.45, 7) is 0. The van der Waals surface area contributed by atoms with Crippen LogP contribution < -0.4 is 5.56 Å². The first-order valence-electron chi connectivity index (χ1n) is 7.15. The Kier molecular flexibility index (Phi) is 3.49. The standard InChI is InChI=1S/C17H19NO/c19-17-12-15(13-8-4-3-5-9-13)14-10-6-1-2-7-11-16(14)18-17/h3-5,8-9,12H,1-2,6-7,10-11H2,(H,18,19). The Morgan fingerprint density at radius 1 is 0.895 bits per heavy atom. The number of nitrogens with one attached hydrogen (secondary N) is 1. The smallest absolute Gasteiger partial charge is 0.248 e. The molecule has 0 bridgehead atoms. The SMILES string of the molecule is O=c1cc(-c2ccccc2)c2c([nH]1)CCCCCC2. The summed E-state index contributed by atoms with van der Waals surface area (Å²) in [5, 5.41) is 0. The molecule has 0 saturated heterocycles. The van der Waals surface area contributed by atoms with Crippen LogP contribution in [0.15, 0.2) is 41.2 Å². The summed E-state index contributed by atoms with van der Waals surface area (Å²) in [5.74, 6) is 0. The maximum Gasteiger partial charge on any atom is 0.248 e. The van der Waals surface area contributed by atoms with E-state index in [0.29, 0.717) is 0 Å². The zero-order valence-electron chi connectivity index (χ0n) is 11.1. The van der Waals surface area contributed by atoms with Gasteiger partial charge in [0.2, 0.25) is 5.56 Å². The first-order chi connectivity index (χ1) is 9.34. The van der Waals surface area contributed by atoms with E-state index in [1.807, 2.05) is 18.2 Å². The van der Waals surface area contributed by atoms with Crippen LogP contribution in [0.3, 0.4) is 0 Å². The van der Waals surface area contributed by atoms with Gasteiger partial charge in [-0.3, -0.25) is 4.79 Å². The van der Waals surface area contributed by atoms with Crippen LogP contribution in [0, 0.1) is 0 Å². The molecule has 2 heteroatoms. The van der Waals surface area contributed by atoms with Crippen molar-refractivity contribution in [1.29, 1.82) is 0 Å². The molecule has 0 unspecified atom stereocenters. The predicted molar refractivity (Wildman–Crippen MR) is 78.4 cm³/mol. The van der Waals surface area contributed by atoms with Gasteiger partial charge in [0, 0.05) is 11.8 Å². The van der Waals surface area contributed by atoms with Crippen LogP contribution in [0.2, 0.25) is 0 Å². The highest BCUT2D eigenvalue weighted by Crippen LogP contribution is 2.28. The molecule has 0 amide bonds. The molecule has 2 aromatic rings. The van der Waals surface area contributed by atoms with Crippen molar-refractivity contribution in [1.82, 2.24) is 4.98 Å². The largest absolute Gasteiger partial charge is 0.326 e. The zero-order chi connectivity index (χ0) is 13.1. The van der Waals surface area contributed by atoms with Gasteiger partial charge >= 0.3 is 0 Å². The van der Waals surface area contributed by atoms with E-state index < -0.39 is 0 Å². The second kappa shape index (κ2) is 5.43.